The molecule has 0 bridgehead atoms. The summed E-state index contributed by atoms with van der Waals surface area (Å²) in [6.45, 7) is 1.76. The molecule has 0 spiro atoms. The average Bonchev–Trinajstić information content (AvgIpc) is 3.29. The summed E-state index contributed by atoms with van der Waals surface area (Å²) in [7, 11) is 0. The highest BCUT2D eigenvalue weighted by molar-refractivity contribution is 5.94. The summed E-state index contributed by atoms with van der Waals surface area (Å²) in [4.78, 5) is 19.2. The van der Waals surface area contributed by atoms with Crippen LogP contribution in [0.15, 0.2) is 6.33 Å². The monoisotopic (exact) mass is 407 g/mol. The molecule has 0 radical (unpaired) electrons. The van der Waals surface area contributed by atoms with E-state index in [1.807, 2.05) is 0 Å². The maximum absolute atomic E-state index is 12.4. The number of nitrogens with one attached hydrogen (secondary N) is 2. The zero-order valence-corrected chi connectivity index (χ0v) is 17.1. The van der Waals surface area contributed by atoms with E-state index >= 15 is 0 Å². The molecule has 8 heteroatoms. The van der Waals surface area contributed by atoms with Gasteiger partial charge in [-0.2, -0.15) is 0 Å². The van der Waals surface area contributed by atoms with Gasteiger partial charge in [-0.1, -0.05) is 57.8 Å². The third-order valence-corrected chi connectivity index (χ3v) is 5.04. The molecule has 162 valence electrons. The average molecular weight is 408 g/mol. The fourth-order valence-corrected chi connectivity index (χ4v) is 3.28. The van der Waals surface area contributed by atoms with Crippen molar-refractivity contribution < 1.29 is 24.9 Å². The summed E-state index contributed by atoms with van der Waals surface area (Å²) >= 11 is 0. The Morgan fingerprint density at radius 2 is 1.86 bits per heavy atom. The Morgan fingerprint density at radius 3 is 2.52 bits per heavy atom. The number of carbonyl (C=O) groups is 1. The van der Waals surface area contributed by atoms with Crippen LogP contribution in [0.25, 0.3) is 0 Å². The lowest BCUT2D eigenvalue weighted by Gasteiger charge is -2.15. The van der Waals surface area contributed by atoms with Gasteiger partial charge in [0.2, 0.25) is 0 Å². The normalized spacial score (nSPS) is 23.6. The number of aromatic amines is 1. The van der Waals surface area contributed by atoms with Crippen molar-refractivity contribution in [3.8, 4) is 11.8 Å². The van der Waals surface area contributed by atoms with Crippen LogP contribution in [0.2, 0.25) is 0 Å². The predicted octanol–water partition coefficient (Wildman–Crippen LogP) is 1.46. The van der Waals surface area contributed by atoms with Gasteiger partial charge < -0.3 is 30.4 Å². The first kappa shape index (κ1) is 23.4. The minimum Gasteiger partial charge on any atom is -0.394 e. The molecule has 1 aromatic rings. The van der Waals surface area contributed by atoms with Crippen molar-refractivity contribution in [3.05, 3.63) is 17.7 Å². The highest BCUT2D eigenvalue weighted by Gasteiger charge is 2.43. The second-order valence-electron chi connectivity index (χ2n) is 7.39. The van der Waals surface area contributed by atoms with Crippen LogP contribution in [-0.2, 0) is 4.74 Å². The lowest BCUT2D eigenvalue weighted by molar-refractivity contribution is -0.0305. The number of amides is 1. The molecule has 1 aromatic heterocycles. The van der Waals surface area contributed by atoms with Gasteiger partial charge in [-0.3, -0.25) is 4.79 Å². The van der Waals surface area contributed by atoms with E-state index in [1.165, 1.54) is 44.9 Å². The number of carbonyl (C=O) groups excluding carboxylic acids is 1. The molecule has 8 nitrogen and oxygen atoms in total. The fraction of sp³-hybridized carbons (Fsp3) is 0.714. The van der Waals surface area contributed by atoms with Gasteiger partial charge in [0.1, 0.15) is 24.0 Å². The molecular formula is C21H33N3O5. The number of aromatic nitrogens is 2. The van der Waals surface area contributed by atoms with Crippen molar-refractivity contribution >= 4 is 5.91 Å². The zero-order valence-electron chi connectivity index (χ0n) is 17.1. The number of ether oxygens (including phenoxy) is 1. The van der Waals surface area contributed by atoms with E-state index < -0.39 is 37.1 Å². The van der Waals surface area contributed by atoms with Gasteiger partial charge in [-0.15, -0.1) is 0 Å². The Hall–Kier alpha value is -1.92. The summed E-state index contributed by atoms with van der Waals surface area (Å²) in [5, 5.41) is 31.3. The van der Waals surface area contributed by atoms with Crippen LogP contribution in [0.5, 0.6) is 0 Å². The van der Waals surface area contributed by atoms with Gasteiger partial charge in [0.05, 0.1) is 12.9 Å². The number of hydrogen-bond donors (Lipinski definition) is 5. The van der Waals surface area contributed by atoms with Crippen LogP contribution in [0.1, 0.15) is 80.9 Å². The van der Waals surface area contributed by atoms with Crippen LogP contribution >= 0.6 is 0 Å². The van der Waals surface area contributed by atoms with Gasteiger partial charge in [-0.25, -0.2) is 4.98 Å². The Bertz CT molecular complexity index is 681. The molecule has 1 fully saturated rings. The van der Waals surface area contributed by atoms with Crippen molar-refractivity contribution in [3.63, 3.8) is 0 Å². The van der Waals surface area contributed by atoms with Crippen molar-refractivity contribution in [1.82, 2.24) is 15.3 Å². The maximum atomic E-state index is 12.4. The minimum atomic E-state index is -1.33. The van der Waals surface area contributed by atoms with Crippen molar-refractivity contribution in [1.29, 1.82) is 0 Å². The number of unbranched alkanes of at least 4 members (excludes halogenated alkanes) is 8. The first-order valence-corrected chi connectivity index (χ1v) is 10.5. The molecule has 1 saturated heterocycles. The third-order valence-electron chi connectivity index (χ3n) is 5.04. The predicted molar refractivity (Wildman–Crippen MR) is 108 cm³/mol. The number of rotatable bonds is 11. The highest BCUT2D eigenvalue weighted by Crippen LogP contribution is 2.19. The van der Waals surface area contributed by atoms with Crippen LogP contribution in [0, 0.1) is 11.8 Å². The number of aliphatic hydroxyl groups excluding tert-OH is 3. The van der Waals surface area contributed by atoms with E-state index in [4.69, 9.17) is 9.84 Å². The number of nitrogens with zero attached hydrogens (tertiary/aromatic N) is 1. The van der Waals surface area contributed by atoms with E-state index in [-0.39, 0.29) is 5.69 Å². The largest absolute Gasteiger partial charge is 0.394 e. The highest BCUT2D eigenvalue weighted by atomic mass is 16.6. The molecule has 29 heavy (non-hydrogen) atoms. The number of aliphatic hydroxyl groups is 3. The van der Waals surface area contributed by atoms with E-state index in [2.05, 4.69) is 34.0 Å². The maximum Gasteiger partial charge on any atom is 0.274 e. The Balaban J connectivity index is 1.75. The summed E-state index contributed by atoms with van der Waals surface area (Å²) in [6.07, 6.45) is 7.38. The van der Waals surface area contributed by atoms with Crippen molar-refractivity contribution in [2.75, 3.05) is 6.61 Å². The number of imidazole rings is 1. The fourth-order valence-electron chi connectivity index (χ4n) is 3.28. The molecule has 4 atom stereocenters. The first-order chi connectivity index (χ1) is 14.1. The SMILES string of the molecule is CCCCCCCCCCC#Cc1[nH]cnc1C(=O)N[C@@H]1O[C@H](CO)[C@@H](O)[C@H]1O. The molecule has 2 heterocycles. The summed E-state index contributed by atoms with van der Waals surface area (Å²) in [6, 6.07) is 0. The quantitative estimate of drug-likeness (QED) is 0.279. The minimum absolute atomic E-state index is 0.103. The summed E-state index contributed by atoms with van der Waals surface area (Å²) < 4.78 is 5.25. The molecule has 0 aliphatic carbocycles. The molecule has 2 rings (SSSR count). The molecule has 5 N–H and O–H groups in total. The summed E-state index contributed by atoms with van der Waals surface area (Å²) in [5.41, 5.74) is 0.500. The Labute approximate surface area is 172 Å². The molecule has 1 amide bonds. The van der Waals surface area contributed by atoms with Gasteiger partial charge in [-0.05, 0) is 12.3 Å². The standard InChI is InChI=1S/C21H33N3O5/c1-2-3-4-5-6-7-8-9-10-11-12-15-17(23-14-22-15)20(28)24-21-19(27)18(26)16(13-25)29-21/h14,16,18-19,21,25-27H,2-10,13H2,1H3,(H,22,23)(H,24,28)/t16-,18-,19-,21-/m1/s1. The van der Waals surface area contributed by atoms with Gasteiger partial charge in [0.25, 0.3) is 5.91 Å². The zero-order chi connectivity index (χ0) is 21.1. The van der Waals surface area contributed by atoms with Crippen LogP contribution < -0.4 is 5.32 Å². The van der Waals surface area contributed by atoms with Crippen molar-refractivity contribution in [2.24, 2.45) is 0 Å². The van der Waals surface area contributed by atoms with Crippen molar-refractivity contribution in [2.45, 2.75) is 89.3 Å². The number of hydrogen-bond acceptors (Lipinski definition) is 6. The third kappa shape index (κ3) is 7.12. The summed E-state index contributed by atoms with van der Waals surface area (Å²) in [5.74, 6) is 5.43. The Morgan fingerprint density at radius 1 is 1.17 bits per heavy atom. The molecule has 0 aromatic carbocycles. The topological polar surface area (TPSA) is 128 Å². The van der Waals surface area contributed by atoms with E-state index in [0.29, 0.717) is 5.69 Å². The van der Waals surface area contributed by atoms with Crippen LogP contribution in [0.3, 0.4) is 0 Å². The van der Waals surface area contributed by atoms with Gasteiger partial charge in [0, 0.05) is 6.42 Å². The molecule has 0 saturated carbocycles. The molecule has 1 aliphatic heterocycles. The molecular weight excluding hydrogens is 374 g/mol. The van der Waals surface area contributed by atoms with Gasteiger partial charge >= 0.3 is 0 Å². The molecule has 0 unspecified atom stereocenters. The second kappa shape index (κ2) is 12.6. The first-order valence-electron chi connectivity index (χ1n) is 10.5. The van der Waals surface area contributed by atoms with Crippen LogP contribution in [-0.4, -0.2) is 62.3 Å². The number of H-pyrrole nitrogens is 1. The van der Waals surface area contributed by atoms with E-state index in [0.717, 1.165) is 19.3 Å². The van der Waals surface area contributed by atoms with E-state index in [9.17, 15) is 15.0 Å². The Kier molecular flexibility index (Phi) is 10.2. The van der Waals surface area contributed by atoms with Gasteiger partial charge in [0.15, 0.2) is 11.9 Å². The molecule has 1 aliphatic rings. The van der Waals surface area contributed by atoms with E-state index in [1.54, 1.807) is 0 Å². The second-order valence-corrected chi connectivity index (χ2v) is 7.39. The lowest BCUT2D eigenvalue weighted by Crippen LogP contribution is -2.44. The smallest absolute Gasteiger partial charge is 0.274 e. The van der Waals surface area contributed by atoms with Crippen LogP contribution in [0.4, 0.5) is 0 Å². The lowest BCUT2D eigenvalue weighted by atomic mass is 10.1.